The van der Waals surface area contributed by atoms with E-state index in [4.69, 9.17) is 0 Å². The molecule has 2 aromatic rings. The van der Waals surface area contributed by atoms with Crippen molar-refractivity contribution in [2.75, 3.05) is 0 Å². The fraction of sp³-hybridized carbons (Fsp3) is 0.500. The van der Waals surface area contributed by atoms with Crippen molar-refractivity contribution in [1.82, 2.24) is 0 Å². The second-order valence-electron chi connectivity index (χ2n) is 7.50. The van der Waals surface area contributed by atoms with Gasteiger partial charge in [0.25, 0.3) is 0 Å². The lowest BCUT2D eigenvalue weighted by Gasteiger charge is -2.21. The van der Waals surface area contributed by atoms with Gasteiger partial charge < -0.3 is 0 Å². The molecule has 3 rings (SSSR count). The Balaban J connectivity index is 1.90. The predicted molar refractivity (Wildman–Crippen MR) is 97.5 cm³/mol. The van der Waals surface area contributed by atoms with E-state index in [-0.39, 0.29) is 0 Å². The van der Waals surface area contributed by atoms with Crippen molar-refractivity contribution in [1.29, 1.82) is 0 Å². The summed E-state index contributed by atoms with van der Waals surface area (Å²) in [5, 5.41) is 0. The van der Waals surface area contributed by atoms with Crippen LogP contribution in [0, 0.1) is 26.7 Å². The number of pyridine rings is 1. The molecule has 0 amide bonds. The van der Waals surface area contributed by atoms with Crippen molar-refractivity contribution in [3.63, 3.8) is 0 Å². The van der Waals surface area contributed by atoms with Gasteiger partial charge >= 0.3 is 0 Å². The first kappa shape index (κ1) is 16.2. The SMILES string of the molecule is Cc1ccc(-c2cc(C)c(CC3CCCCC3)c[n+]2C)c(C)c1. The van der Waals surface area contributed by atoms with Crippen LogP contribution in [0.3, 0.4) is 0 Å². The fourth-order valence-electron chi connectivity index (χ4n) is 4.09. The Morgan fingerprint density at radius 2 is 1.70 bits per heavy atom. The van der Waals surface area contributed by atoms with E-state index >= 15 is 0 Å². The van der Waals surface area contributed by atoms with Gasteiger partial charge in [-0.3, -0.25) is 0 Å². The van der Waals surface area contributed by atoms with Gasteiger partial charge in [-0.2, -0.15) is 0 Å². The quantitative estimate of drug-likeness (QED) is 0.684. The lowest BCUT2D eigenvalue weighted by atomic mass is 9.84. The number of rotatable bonds is 3. The molecule has 1 nitrogen and oxygen atoms in total. The molecular formula is C22H30N+. The molecule has 1 aliphatic carbocycles. The number of aromatic nitrogens is 1. The smallest absolute Gasteiger partial charge is 0.201 e. The highest BCUT2D eigenvalue weighted by Crippen LogP contribution is 2.29. The van der Waals surface area contributed by atoms with Crippen LogP contribution < -0.4 is 4.57 Å². The van der Waals surface area contributed by atoms with Gasteiger partial charge in [0, 0.05) is 17.2 Å². The third kappa shape index (κ3) is 3.65. The van der Waals surface area contributed by atoms with Crippen LogP contribution in [0.5, 0.6) is 0 Å². The summed E-state index contributed by atoms with van der Waals surface area (Å²) in [6.45, 7) is 6.66. The normalized spacial score (nSPS) is 15.8. The van der Waals surface area contributed by atoms with E-state index in [1.165, 1.54) is 72.0 Å². The first-order valence-electron chi connectivity index (χ1n) is 9.11. The molecule has 1 heteroatoms. The van der Waals surface area contributed by atoms with E-state index in [0.29, 0.717) is 0 Å². The second kappa shape index (κ2) is 6.86. The van der Waals surface area contributed by atoms with Gasteiger partial charge in [0.15, 0.2) is 6.20 Å². The molecule has 1 heterocycles. The van der Waals surface area contributed by atoms with E-state index in [0.717, 1.165) is 5.92 Å². The van der Waals surface area contributed by atoms with E-state index in [9.17, 15) is 0 Å². The summed E-state index contributed by atoms with van der Waals surface area (Å²) < 4.78 is 2.32. The number of hydrogen-bond acceptors (Lipinski definition) is 0. The molecule has 1 fully saturated rings. The minimum absolute atomic E-state index is 0.898. The van der Waals surface area contributed by atoms with Gasteiger partial charge in [0.2, 0.25) is 5.69 Å². The van der Waals surface area contributed by atoms with Crippen molar-refractivity contribution in [3.8, 4) is 11.3 Å². The van der Waals surface area contributed by atoms with Gasteiger partial charge in [0.05, 0.1) is 0 Å². The summed E-state index contributed by atoms with van der Waals surface area (Å²) in [6, 6.07) is 9.14. The van der Waals surface area contributed by atoms with Crippen LogP contribution in [0.1, 0.15) is 54.4 Å². The van der Waals surface area contributed by atoms with E-state index in [1.54, 1.807) is 0 Å². The maximum atomic E-state index is 2.38. The Morgan fingerprint density at radius 1 is 0.957 bits per heavy atom. The average molecular weight is 308 g/mol. The topological polar surface area (TPSA) is 3.88 Å². The minimum atomic E-state index is 0.898. The number of benzene rings is 1. The van der Waals surface area contributed by atoms with E-state index < -0.39 is 0 Å². The molecule has 0 bridgehead atoms. The Labute approximate surface area is 141 Å². The number of nitrogens with zero attached hydrogens (tertiary/aromatic N) is 1. The lowest BCUT2D eigenvalue weighted by molar-refractivity contribution is -0.660. The molecule has 0 atom stereocenters. The van der Waals surface area contributed by atoms with Crippen molar-refractivity contribution in [3.05, 3.63) is 52.7 Å². The second-order valence-corrected chi connectivity index (χ2v) is 7.50. The zero-order valence-electron chi connectivity index (χ0n) is 15.2. The maximum absolute atomic E-state index is 2.38. The maximum Gasteiger partial charge on any atom is 0.212 e. The van der Waals surface area contributed by atoms with Gasteiger partial charge in [0.1, 0.15) is 7.05 Å². The van der Waals surface area contributed by atoms with Crippen LogP contribution in [0.4, 0.5) is 0 Å². The standard InChI is InChI=1S/C22H30N/c1-16-10-11-21(18(3)12-16)22-13-17(2)20(15-23(22)4)14-19-8-6-5-7-9-19/h10-13,15,19H,5-9,14H2,1-4H3/q+1. The van der Waals surface area contributed by atoms with Gasteiger partial charge in [-0.15, -0.1) is 0 Å². The molecule has 0 saturated heterocycles. The molecule has 1 aromatic carbocycles. The summed E-state index contributed by atoms with van der Waals surface area (Å²) in [7, 11) is 2.19. The Morgan fingerprint density at radius 3 is 2.39 bits per heavy atom. The number of hydrogen-bond donors (Lipinski definition) is 0. The molecular weight excluding hydrogens is 278 g/mol. The first-order valence-corrected chi connectivity index (χ1v) is 9.11. The Bertz CT molecular complexity index is 693. The average Bonchev–Trinajstić information content (AvgIpc) is 2.52. The van der Waals surface area contributed by atoms with E-state index in [1.807, 2.05) is 0 Å². The molecule has 122 valence electrons. The summed E-state index contributed by atoms with van der Waals surface area (Å²) in [5.74, 6) is 0.898. The Kier molecular flexibility index (Phi) is 4.84. The van der Waals surface area contributed by atoms with Gasteiger partial charge in [-0.05, 0) is 50.3 Å². The third-order valence-corrected chi connectivity index (χ3v) is 5.48. The molecule has 0 spiro atoms. The van der Waals surface area contributed by atoms with Gasteiger partial charge in [-0.1, -0.05) is 49.8 Å². The van der Waals surface area contributed by atoms with Crippen molar-refractivity contribution in [2.45, 2.75) is 59.3 Å². The molecule has 1 aliphatic rings. The van der Waals surface area contributed by atoms with Crippen molar-refractivity contribution < 1.29 is 4.57 Å². The zero-order valence-corrected chi connectivity index (χ0v) is 15.2. The van der Waals surface area contributed by atoms with Crippen LogP contribution in [0.2, 0.25) is 0 Å². The molecule has 0 unspecified atom stereocenters. The third-order valence-electron chi connectivity index (χ3n) is 5.48. The highest BCUT2D eigenvalue weighted by Gasteiger charge is 2.19. The lowest BCUT2D eigenvalue weighted by Crippen LogP contribution is -2.32. The Hall–Kier alpha value is -1.63. The van der Waals surface area contributed by atoms with Crippen LogP contribution in [-0.2, 0) is 13.5 Å². The summed E-state index contributed by atoms with van der Waals surface area (Å²) in [4.78, 5) is 0. The zero-order chi connectivity index (χ0) is 16.4. The van der Waals surface area contributed by atoms with Crippen molar-refractivity contribution in [2.24, 2.45) is 13.0 Å². The summed E-state index contributed by atoms with van der Waals surface area (Å²) in [6.07, 6.45) is 10.8. The van der Waals surface area contributed by atoms with Crippen LogP contribution in [-0.4, -0.2) is 0 Å². The first-order chi connectivity index (χ1) is 11.0. The molecule has 23 heavy (non-hydrogen) atoms. The molecule has 0 N–H and O–H groups in total. The highest BCUT2D eigenvalue weighted by molar-refractivity contribution is 5.62. The minimum Gasteiger partial charge on any atom is -0.201 e. The summed E-state index contributed by atoms with van der Waals surface area (Å²) in [5.41, 5.74) is 8.36. The highest BCUT2D eigenvalue weighted by atomic mass is 14.9. The van der Waals surface area contributed by atoms with E-state index in [2.05, 4.69) is 62.8 Å². The van der Waals surface area contributed by atoms with Gasteiger partial charge in [-0.25, -0.2) is 4.57 Å². The largest absolute Gasteiger partial charge is 0.212 e. The molecule has 1 saturated carbocycles. The fourth-order valence-corrected chi connectivity index (χ4v) is 4.09. The van der Waals surface area contributed by atoms with Crippen molar-refractivity contribution >= 4 is 0 Å². The van der Waals surface area contributed by atoms with Crippen LogP contribution in [0.15, 0.2) is 30.5 Å². The van der Waals surface area contributed by atoms with Crippen LogP contribution in [0.25, 0.3) is 11.3 Å². The molecule has 0 aliphatic heterocycles. The monoisotopic (exact) mass is 308 g/mol. The number of aryl methyl sites for hydroxylation is 4. The predicted octanol–water partition coefficient (Wildman–Crippen LogP) is 5.23. The van der Waals surface area contributed by atoms with Crippen LogP contribution >= 0.6 is 0 Å². The molecule has 0 radical (unpaired) electrons. The summed E-state index contributed by atoms with van der Waals surface area (Å²) >= 11 is 0. The molecule has 1 aromatic heterocycles.